The standard InChI is InChI=1S/C25H23N3O6S/c1-3-22(23(29)26-15-6-4-7-16(10-15)31-2)35-25-27-19-12-21-20(33-14-34-21)11-18(19)24(30)28(25)13-17-8-5-9-32-17/h4-12,22H,3,13-14H2,1-2H3,(H,26,29)/t22-/m0/s1. The number of nitrogens with zero attached hydrogens (tertiary/aromatic N) is 2. The summed E-state index contributed by atoms with van der Waals surface area (Å²) in [4.78, 5) is 31.4. The first-order valence-electron chi connectivity index (χ1n) is 11.0. The summed E-state index contributed by atoms with van der Waals surface area (Å²) in [5, 5.41) is 3.24. The second kappa shape index (κ2) is 9.75. The zero-order valence-electron chi connectivity index (χ0n) is 19.1. The molecule has 0 spiro atoms. The highest BCUT2D eigenvalue weighted by Gasteiger charge is 2.24. The molecule has 0 saturated heterocycles. The van der Waals surface area contributed by atoms with Crippen LogP contribution >= 0.6 is 11.8 Å². The van der Waals surface area contributed by atoms with Gasteiger partial charge in [-0.15, -0.1) is 0 Å². The van der Waals surface area contributed by atoms with E-state index >= 15 is 0 Å². The first kappa shape index (κ1) is 22.9. The Morgan fingerprint density at radius 3 is 2.77 bits per heavy atom. The fraction of sp³-hybridized carbons (Fsp3) is 0.240. The number of fused-ring (bicyclic) bond motifs is 2. The van der Waals surface area contributed by atoms with Crippen LogP contribution in [0.3, 0.4) is 0 Å². The van der Waals surface area contributed by atoms with Crippen LogP contribution < -0.4 is 25.1 Å². The van der Waals surface area contributed by atoms with E-state index in [1.807, 2.05) is 6.92 Å². The van der Waals surface area contributed by atoms with Gasteiger partial charge in [-0.2, -0.15) is 0 Å². The van der Waals surface area contributed by atoms with E-state index < -0.39 is 5.25 Å². The van der Waals surface area contributed by atoms with Gasteiger partial charge in [-0.25, -0.2) is 4.98 Å². The Bertz CT molecular complexity index is 1430. The Morgan fingerprint density at radius 1 is 1.20 bits per heavy atom. The fourth-order valence-corrected chi connectivity index (χ4v) is 4.76. The maximum atomic E-state index is 13.5. The van der Waals surface area contributed by atoms with Gasteiger partial charge < -0.3 is 23.9 Å². The van der Waals surface area contributed by atoms with Gasteiger partial charge >= 0.3 is 0 Å². The first-order chi connectivity index (χ1) is 17.1. The van der Waals surface area contributed by atoms with E-state index in [0.29, 0.717) is 51.2 Å². The molecule has 2 aromatic heterocycles. The average Bonchev–Trinajstić information content (AvgIpc) is 3.55. The summed E-state index contributed by atoms with van der Waals surface area (Å²) in [6.45, 7) is 2.19. The number of anilines is 1. The molecule has 0 aliphatic carbocycles. The predicted octanol–water partition coefficient (Wildman–Crippen LogP) is 4.28. The number of furan rings is 1. The van der Waals surface area contributed by atoms with Gasteiger partial charge in [0.2, 0.25) is 12.7 Å². The Morgan fingerprint density at radius 2 is 2.03 bits per heavy atom. The van der Waals surface area contributed by atoms with Gasteiger partial charge in [0.15, 0.2) is 16.7 Å². The van der Waals surface area contributed by atoms with E-state index in [1.54, 1.807) is 61.9 Å². The highest BCUT2D eigenvalue weighted by Crippen LogP contribution is 2.35. The molecule has 35 heavy (non-hydrogen) atoms. The molecule has 1 aliphatic rings. The van der Waals surface area contributed by atoms with Crippen molar-refractivity contribution in [1.82, 2.24) is 9.55 Å². The van der Waals surface area contributed by atoms with Crippen molar-refractivity contribution in [3.8, 4) is 17.2 Å². The van der Waals surface area contributed by atoms with Crippen molar-refractivity contribution < 1.29 is 23.4 Å². The molecule has 1 N–H and O–H groups in total. The van der Waals surface area contributed by atoms with Gasteiger partial charge in [0, 0.05) is 17.8 Å². The zero-order chi connectivity index (χ0) is 24.4. The van der Waals surface area contributed by atoms with Crippen LogP contribution in [-0.2, 0) is 11.3 Å². The van der Waals surface area contributed by atoms with Gasteiger partial charge in [0.05, 0.1) is 36.1 Å². The number of nitrogens with one attached hydrogen (secondary N) is 1. The summed E-state index contributed by atoms with van der Waals surface area (Å²) in [5.74, 6) is 2.09. The smallest absolute Gasteiger partial charge is 0.262 e. The molecule has 10 heteroatoms. The second-order valence-corrected chi connectivity index (χ2v) is 8.99. The van der Waals surface area contributed by atoms with E-state index in [2.05, 4.69) is 5.32 Å². The number of methoxy groups -OCH3 is 1. The minimum absolute atomic E-state index is 0.0935. The van der Waals surface area contributed by atoms with E-state index in [9.17, 15) is 9.59 Å². The number of thioether (sulfide) groups is 1. The Kier molecular flexibility index (Phi) is 6.37. The molecule has 1 aliphatic heterocycles. The maximum absolute atomic E-state index is 13.5. The molecular weight excluding hydrogens is 470 g/mol. The van der Waals surface area contributed by atoms with Crippen LogP contribution in [0, 0.1) is 0 Å². The van der Waals surface area contributed by atoms with Crippen LogP contribution in [-0.4, -0.2) is 34.6 Å². The van der Waals surface area contributed by atoms with Gasteiger partial charge in [-0.05, 0) is 36.8 Å². The number of benzene rings is 2. The summed E-state index contributed by atoms with van der Waals surface area (Å²) in [5.41, 5.74) is 0.844. The molecule has 1 atom stereocenters. The van der Waals surface area contributed by atoms with Crippen LogP contribution in [0.15, 0.2) is 69.2 Å². The molecule has 9 nitrogen and oxygen atoms in total. The number of aromatic nitrogens is 2. The first-order valence-corrected chi connectivity index (χ1v) is 11.9. The monoisotopic (exact) mass is 493 g/mol. The van der Waals surface area contributed by atoms with Crippen molar-refractivity contribution >= 4 is 34.3 Å². The Labute approximate surface area is 205 Å². The number of carbonyl (C=O) groups is 1. The molecule has 0 unspecified atom stereocenters. The molecular formula is C25H23N3O6S. The Hall–Kier alpha value is -3.92. The van der Waals surface area contributed by atoms with Crippen LogP contribution in [0.25, 0.3) is 10.9 Å². The lowest BCUT2D eigenvalue weighted by molar-refractivity contribution is -0.115. The summed E-state index contributed by atoms with van der Waals surface area (Å²) in [6.07, 6.45) is 2.08. The van der Waals surface area contributed by atoms with Crippen molar-refractivity contribution in [2.24, 2.45) is 0 Å². The van der Waals surface area contributed by atoms with Crippen molar-refractivity contribution in [2.75, 3.05) is 19.2 Å². The topological polar surface area (TPSA) is 105 Å². The van der Waals surface area contributed by atoms with E-state index in [1.165, 1.54) is 16.3 Å². The number of rotatable bonds is 8. The second-order valence-electron chi connectivity index (χ2n) is 7.82. The summed E-state index contributed by atoms with van der Waals surface area (Å²) >= 11 is 1.23. The third-order valence-corrected chi connectivity index (χ3v) is 6.91. The van der Waals surface area contributed by atoms with Gasteiger partial charge in [-0.3, -0.25) is 14.2 Å². The average molecular weight is 494 g/mol. The van der Waals surface area contributed by atoms with Crippen LogP contribution in [0.4, 0.5) is 5.69 Å². The van der Waals surface area contributed by atoms with Gasteiger partial charge in [0.25, 0.3) is 5.56 Å². The molecule has 180 valence electrons. The number of hydrogen-bond acceptors (Lipinski definition) is 8. The number of ether oxygens (including phenoxy) is 3. The maximum Gasteiger partial charge on any atom is 0.262 e. The molecule has 0 saturated carbocycles. The van der Waals surface area contributed by atoms with Crippen molar-refractivity contribution in [3.63, 3.8) is 0 Å². The van der Waals surface area contributed by atoms with E-state index in [4.69, 9.17) is 23.6 Å². The summed E-state index contributed by atoms with van der Waals surface area (Å²) in [7, 11) is 1.57. The lowest BCUT2D eigenvalue weighted by Crippen LogP contribution is -2.28. The molecule has 1 amide bonds. The van der Waals surface area contributed by atoms with Crippen LogP contribution in [0.2, 0.25) is 0 Å². The third kappa shape index (κ3) is 4.69. The van der Waals surface area contributed by atoms with Crippen LogP contribution in [0.1, 0.15) is 19.1 Å². The minimum Gasteiger partial charge on any atom is -0.497 e. The number of amides is 1. The third-order valence-electron chi connectivity index (χ3n) is 5.56. The normalized spacial score (nSPS) is 13.1. The molecule has 0 bridgehead atoms. The SMILES string of the molecule is CC[C@H](Sc1nc2cc3c(cc2c(=O)n1Cc1ccco1)OCO3)C(=O)Nc1cccc(OC)c1. The lowest BCUT2D eigenvalue weighted by Gasteiger charge is -2.18. The largest absolute Gasteiger partial charge is 0.497 e. The molecule has 5 rings (SSSR count). The number of hydrogen-bond donors (Lipinski definition) is 1. The highest BCUT2D eigenvalue weighted by atomic mass is 32.2. The predicted molar refractivity (Wildman–Crippen MR) is 131 cm³/mol. The van der Waals surface area contributed by atoms with Crippen LogP contribution in [0.5, 0.6) is 17.2 Å². The van der Waals surface area contributed by atoms with Crippen molar-refractivity contribution in [1.29, 1.82) is 0 Å². The lowest BCUT2D eigenvalue weighted by atomic mass is 10.2. The summed E-state index contributed by atoms with van der Waals surface area (Å²) < 4.78 is 23.1. The quantitative estimate of drug-likeness (QED) is 0.286. The van der Waals surface area contributed by atoms with Crippen molar-refractivity contribution in [3.05, 3.63) is 70.9 Å². The Balaban J connectivity index is 1.51. The summed E-state index contributed by atoms with van der Waals surface area (Å²) in [6, 6.07) is 14.0. The zero-order valence-corrected chi connectivity index (χ0v) is 20.0. The van der Waals surface area contributed by atoms with E-state index in [0.717, 1.165) is 0 Å². The fourth-order valence-electron chi connectivity index (χ4n) is 3.75. The van der Waals surface area contributed by atoms with Crippen molar-refractivity contribution in [2.45, 2.75) is 30.3 Å². The molecule has 0 fully saturated rings. The van der Waals surface area contributed by atoms with E-state index in [-0.39, 0.29) is 24.8 Å². The molecule has 0 radical (unpaired) electrons. The number of carbonyl (C=O) groups excluding carboxylic acids is 1. The molecule has 4 aromatic rings. The molecule has 2 aromatic carbocycles. The highest BCUT2D eigenvalue weighted by molar-refractivity contribution is 8.00. The van der Waals surface area contributed by atoms with Gasteiger partial charge in [-0.1, -0.05) is 24.8 Å². The minimum atomic E-state index is -0.498. The molecule has 3 heterocycles. The van der Waals surface area contributed by atoms with Gasteiger partial charge in [0.1, 0.15) is 11.5 Å².